The molecule has 2 fully saturated rings. The van der Waals surface area contributed by atoms with E-state index in [1.165, 1.54) is 11.0 Å². The zero-order valence-corrected chi connectivity index (χ0v) is 15.6. The number of aromatic nitrogens is 1. The van der Waals surface area contributed by atoms with Crippen LogP contribution in [0.25, 0.3) is 0 Å². The number of rotatable bonds is 0. The predicted octanol–water partition coefficient (Wildman–Crippen LogP) is -0.573. The monoisotopic (exact) mass is 473 g/mol. The van der Waals surface area contributed by atoms with Crippen LogP contribution in [0, 0.1) is 14.9 Å². The predicted molar refractivity (Wildman–Crippen MR) is 93.5 cm³/mol. The van der Waals surface area contributed by atoms with E-state index in [4.69, 9.17) is 0 Å². The van der Waals surface area contributed by atoms with Gasteiger partial charge in [0.15, 0.2) is 5.41 Å². The number of pyridine rings is 1. The minimum atomic E-state index is -1.84. The second-order valence-electron chi connectivity index (χ2n) is 6.59. The number of amides is 5. The van der Waals surface area contributed by atoms with Gasteiger partial charge in [0, 0.05) is 19.0 Å². The number of carbonyl (C=O) groups is 4. The van der Waals surface area contributed by atoms with Crippen LogP contribution in [0.2, 0.25) is 0 Å². The first kappa shape index (κ1) is 17.1. The van der Waals surface area contributed by atoms with Gasteiger partial charge in [-0.1, -0.05) is 0 Å². The third-order valence-corrected chi connectivity index (χ3v) is 5.64. The standard InChI is InChI=1S/C15H13FIN5O4/c1-5-4-22-8(11(23)18-5)15(12(24)20-14(26)21-13(15)25)3-6-2-7(17)9(16)19-10(6)22/h2,5,8H,3-4H2,1H3,(H,18,23)(H2,20,21,24,25,26)/t5-,8-/m1/s1. The maximum absolute atomic E-state index is 14.0. The van der Waals surface area contributed by atoms with Crippen molar-refractivity contribution in [2.24, 2.45) is 5.41 Å². The van der Waals surface area contributed by atoms with Gasteiger partial charge in [0.25, 0.3) is 0 Å². The molecule has 0 aromatic carbocycles. The van der Waals surface area contributed by atoms with Crippen molar-refractivity contribution in [1.29, 1.82) is 0 Å². The third kappa shape index (κ3) is 2.22. The summed E-state index contributed by atoms with van der Waals surface area (Å²) in [6, 6.07) is -0.947. The summed E-state index contributed by atoms with van der Waals surface area (Å²) in [5.74, 6) is -2.70. The molecule has 0 saturated carbocycles. The molecule has 0 radical (unpaired) electrons. The highest BCUT2D eigenvalue weighted by atomic mass is 127. The van der Waals surface area contributed by atoms with Crippen molar-refractivity contribution in [1.82, 2.24) is 20.9 Å². The van der Waals surface area contributed by atoms with Crippen molar-refractivity contribution >= 4 is 52.2 Å². The smallest absolute Gasteiger partial charge is 0.328 e. The van der Waals surface area contributed by atoms with Gasteiger partial charge >= 0.3 is 6.03 Å². The molecule has 3 aliphatic rings. The number of halogens is 2. The normalized spacial score (nSPS) is 26.7. The number of nitrogens with zero attached hydrogens (tertiary/aromatic N) is 2. The molecule has 136 valence electrons. The van der Waals surface area contributed by atoms with Crippen molar-refractivity contribution in [2.45, 2.75) is 25.4 Å². The lowest BCUT2D eigenvalue weighted by molar-refractivity contribution is -0.151. The van der Waals surface area contributed by atoms with Gasteiger partial charge in [-0.3, -0.25) is 25.0 Å². The van der Waals surface area contributed by atoms with Crippen LogP contribution in [0.3, 0.4) is 0 Å². The number of fused-ring (bicyclic) bond motifs is 4. The fourth-order valence-electron chi connectivity index (χ4n) is 3.85. The van der Waals surface area contributed by atoms with Crippen LogP contribution < -0.4 is 20.9 Å². The largest absolute Gasteiger partial charge is 0.350 e. The summed E-state index contributed by atoms with van der Waals surface area (Å²) in [6.45, 7) is 2.00. The van der Waals surface area contributed by atoms with Crippen molar-refractivity contribution in [3.05, 3.63) is 21.1 Å². The molecule has 2 atom stereocenters. The summed E-state index contributed by atoms with van der Waals surface area (Å²) in [7, 11) is 0. The van der Waals surface area contributed by atoms with E-state index < -0.39 is 41.2 Å². The number of piperazine rings is 1. The van der Waals surface area contributed by atoms with E-state index in [0.29, 0.717) is 5.56 Å². The second kappa shape index (κ2) is 5.59. The van der Waals surface area contributed by atoms with Crippen molar-refractivity contribution < 1.29 is 23.6 Å². The van der Waals surface area contributed by atoms with E-state index in [2.05, 4.69) is 20.9 Å². The van der Waals surface area contributed by atoms with Crippen molar-refractivity contribution in [2.75, 3.05) is 11.4 Å². The molecule has 26 heavy (non-hydrogen) atoms. The first-order valence-corrected chi connectivity index (χ1v) is 8.90. The van der Waals surface area contributed by atoms with Gasteiger partial charge < -0.3 is 10.2 Å². The molecule has 3 aliphatic heterocycles. The van der Waals surface area contributed by atoms with Crippen LogP contribution in [0.15, 0.2) is 6.07 Å². The molecule has 5 amide bonds. The van der Waals surface area contributed by atoms with E-state index in [1.54, 1.807) is 29.5 Å². The number of urea groups is 1. The van der Waals surface area contributed by atoms with Crippen LogP contribution in [0.5, 0.6) is 0 Å². The molecule has 0 bridgehead atoms. The maximum Gasteiger partial charge on any atom is 0.328 e. The first-order valence-electron chi connectivity index (χ1n) is 7.83. The fraction of sp³-hybridized carbons (Fsp3) is 0.400. The Morgan fingerprint density at radius 2 is 1.92 bits per heavy atom. The van der Waals surface area contributed by atoms with E-state index in [-0.39, 0.29) is 28.4 Å². The quantitative estimate of drug-likeness (QED) is 0.264. The van der Waals surface area contributed by atoms with E-state index in [1.807, 2.05) is 0 Å². The zero-order chi connectivity index (χ0) is 18.8. The number of carbonyl (C=O) groups excluding carboxylic acids is 4. The summed E-state index contributed by atoms with van der Waals surface area (Å²) in [6.07, 6.45) is -0.167. The molecule has 1 aromatic heterocycles. The Morgan fingerprint density at radius 1 is 1.27 bits per heavy atom. The molecule has 1 spiro atoms. The molecule has 1 aromatic rings. The Kier molecular flexibility index (Phi) is 3.68. The summed E-state index contributed by atoms with van der Waals surface area (Å²) in [5.41, 5.74) is -1.37. The third-order valence-electron chi connectivity index (χ3n) is 4.88. The molecule has 9 nitrogen and oxygen atoms in total. The highest BCUT2D eigenvalue weighted by Crippen LogP contribution is 2.44. The van der Waals surface area contributed by atoms with Crippen LogP contribution in [0.4, 0.5) is 15.0 Å². The Labute approximate surface area is 160 Å². The lowest BCUT2D eigenvalue weighted by atomic mass is 9.68. The van der Waals surface area contributed by atoms with Gasteiger partial charge in [-0.2, -0.15) is 4.39 Å². The summed E-state index contributed by atoms with van der Waals surface area (Å²) >= 11 is 1.77. The summed E-state index contributed by atoms with van der Waals surface area (Å²) < 4.78 is 14.3. The molecule has 11 heteroatoms. The number of imide groups is 2. The van der Waals surface area contributed by atoms with Crippen LogP contribution in [0.1, 0.15) is 12.5 Å². The molecule has 2 saturated heterocycles. The minimum absolute atomic E-state index is 0.167. The number of hydrogen-bond acceptors (Lipinski definition) is 6. The number of anilines is 1. The van der Waals surface area contributed by atoms with Gasteiger partial charge in [0.2, 0.25) is 23.7 Å². The second-order valence-corrected chi connectivity index (χ2v) is 7.76. The van der Waals surface area contributed by atoms with Gasteiger partial charge in [-0.25, -0.2) is 9.78 Å². The lowest BCUT2D eigenvalue weighted by Crippen LogP contribution is -2.77. The van der Waals surface area contributed by atoms with Crippen molar-refractivity contribution in [3.8, 4) is 0 Å². The topological polar surface area (TPSA) is 120 Å². The van der Waals surface area contributed by atoms with Gasteiger partial charge in [0.1, 0.15) is 11.9 Å². The maximum atomic E-state index is 14.0. The Balaban J connectivity index is 1.95. The number of barbiturate groups is 1. The minimum Gasteiger partial charge on any atom is -0.350 e. The summed E-state index contributed by atoms with van der Waals surface area (Å²) in [5, 5.41) is 6.87. The highest BCUT2D eigenvalue weighted by molar-refractivity contribution is 14.1. The fourth-order valence-corrected chi connectivity index (χ4v) is 4.35. The molecular weight excluding hydrogens is 460 g/mol. The Bertz CT molecular complexity index is 871. The molecule has 4 rings (SSSR count). The highest BCUT2D eigenvalue weighted by Gasteiger charge is 2.64. The zero-order valence-electron chi connectivity index (χ0n) is 13.4. The number of nitrogens with one attached hydrogen (secondary N) is 3. The van der Waals surface area contributed by atoms with Crippen LogP contribution >= 0.6 is 22.6 Å². The molecule has 4 heterocycles. The molecule has 0 aliphatic carbocycles. The SMILES string of the molecule is C[C@@H]1CN2c3nc(F)c(I)cc3CC3(C(=O)NC(=O)NC3=O)[C@H]2C(=O)N1. The first-order chi connectivity index (χ1) is 12.2. The Morgan fingerprint density at radius 3 is 2.58 bits per heavy atom. The van der Waals surface area contributed by atoms with E-state index in [9.17, 15) is 23.6 Å². The van der Waals surface area contributed by atoms with Crippen LogP contribution in [-0.2, 0) is 20.8 Å². The molecule has 3 N–H and O–H groups in total. The molecular formula is C15H13FIN5O4. The average Bonchev–Trinajstić information content (AvgIpc) is 2.53. The number of hydrogen-bond donors (Lipinski definition) is 3. The van der Waals surface area contributed by atoms with Crippen LogP contribution in [-0.4, -0.2) is 47.4 Å². The van der Waals surface area contributed by atoms with Crippen molar-refractivity contribution in [3.63, 3.8) is 0 Å². The Hall–Kier alpha value is -2.31. The van der Waals surface area contributed by atoms with E-state index >= 15 is 0 Å². The average molecular weight is 473 g/mol. The van der Waals surface area contributed by atoms with Gasteiger partial charge in [-0.15, -0.1) is 0 Å². The van der Waals surface area contributed by atoms with E-state index in [0.717, 1.165) is 0 Å². The van der Waals surface area contributed by atoms with Gasteiger partial charge in [0.05, 0.1) is 3.57 Å². The van der Waals surface area contributed by atoms with Gasteiger partial charge in [-0.05, 0) is 41.1 Å². The lowest BCUT2D eigenvalue weighted by Gasteiger charge is -2.51. The molecule has 0 unspecified atom stereocenters. The summed E-state index contributed by atoms with van der Waals surface area (Å²) in [4.78, 5) is 55.1.